The average Bonchev–Trinajstić information content (AvgIpc) is 2.58. The topological polar surface area (TPSA) is 71.3 Å². The van der Waals surface area contributed by atoms with E-state index in [4.69, 9.17) is 10.5 Å². The van der Waals surface area contributed by atoms with Crippen molar-refractivity contribution >= 4 is 11.6 Å². The fraction of sp³-hybridized carbons (Fsp3) is 0.615. The van der Waals surface area contributed by atoms with Crippen LogP contribution in [0.1, 0.15) is 38.2 Å². The van der Waals surface area contributed by atoms with E-state index < -0.39 is 0 Å². The number of ether oxygens (including phenoxy) is 1. The largest absolute Gasteiger partial charge is 0.397 e. The Bertz CT molecular complexity index is 447. The Balaban J connectivity index is 2.20. The van der Waals surface area contributed by atoms with Gasteiger partial charge in [-0.05, 0) is 33.8 Å². The molecule has 2 heterocycles. The van der Waals surface area contributed by atoms with Gasteiger partial charge in [0, 0.05) is 25.0 Å². The summed E-state index contributed by atoms with van der Waals surface area (Å²) in [6.45, 7) is 9.14. The van der Waals surface area contributed by atoms with E-state index >= 15 is 0 Å². The Morgan fingerprint density at radius 2 is 1.89 bits per heavy atom. The Labute approximate surface area is 107 Å². The van der Waals surface area contributed by atoms with E-state index in [0.717, 1.165) is 0 Å². The molecule has 100 valence electrons. The van der Waals surface area contributed by atoms with Crippen molar-refractivity contribution in [1.82, 2.24) is 9.88 Å². The molecule has 3 N–H and O–H groups in total. The van der Waals surface area contributed by atoms with Crippen LogP contribution in [0.25, 0.3) is 0 Å². The van der Waals surface area contributed by atoms with Crippen LogP contribution in [0.3, 0.4) is 0 Å². The van der Waals surface area contributed by atoms with Crippen molar-refractivity contribution in [3.8, 4) is 0 Å². The molecular formula is C13H21N3O2. The number of carbonyl (C=O) groups excluding carboxylic acids is 1. The molecule has 0 unspecified atom stereocenters. The average molecular weight is 251 g/mol. The van der Waals surface area contributed by atoms with Crippen molar-refractivity contribution in [2.75, 3.05) is 18.8 Å². The second kappa shape index (κ2) is 4.02. The highest BCUT2D eigenvalue weighted by Gasteiger charge is 2.40. The van der Waals surface area contributed by atoms with Crippen LogP contribution in [0.4, 0.5) is 5.69 Å². The lowest BCUT2D eigenvalue weighted by Crippen LogP contribution is -2.58. The molecule has 0 bridgehead atoms. The molecule has 0 atom stereocenters. The minimum Gasteiger partial charge on any atom is -0.397 e. The van der Waals surface area contributed by atoms with Gasteiger partial charge in [-0.15, -0.1) is 0 Å². The molecule has 1 saturated heterocycles. The second-order valence-corrected chi connectivity index (χ2v) is 6.13. The van der Waals surface area contributed by atoms with Crippen LogP contribution in [0.5, 0.6) is 0 Å². The smallest absolute Gasteiger partial charge is 0.270 e. The molecule has 1 aromatic heterocycles. The molecule has 5 heteroatoms. The maximum atomic E-state index is 12.4. The molecular weight excluding hydrogens is 230 g/mol. The van der Waals surface area contributed by atoms with Crippen LogP contribution >= 0.6 is 0 Å². The molecule has 1 aliphatic heterocycles. The van der Waals surface area contributed by atoms with E-state index in [1.54, 1.807) is 12.3 Å². The first-order valence-electron chi connectivity index (χ1n) is 6.12. The number of H-pyrrole nitrogens is 1. The molecule has 1 fully saturated rings. The van der Waals surface area contributed by atoms with Gasteiger partial charge in [0.2, 0.25) is 0 Å². The van der Waals surface area contributed by atoms with Crippen molar-refractivity contribution in [2.24, 2.45) is 0 Å². The molecule has 5 nitrogen and oxygen atoms in total. The van der Waals surface area contributed by atoms with Crippen LogP contribution in [-0.4, -0.2) is 40.1 Å². The highest BCUT2D eigenvalue weighted by molar-refractivity contribution is 5.93. The van der Waals surface area contributed by atoms with E-state index in [0.29, 0.717) is 24.5 Å². The van der Waals surface area contributed by atoms with Crippen LogP contribution in [0, 0.1) is 0 Å². The van der Waals surface area contributed by atoms with E-state index in [1.165, 1.54) is 0 Å². The Kier molecular flexibility index (Phi) is 2.89. The Morgan fingerprint density at radius 3 is 2.33 bits per heavy atom. The maximum absolute atomic E-state index is 12.4. The lowest BCUT2D eigenvalue weighted by Gasteiger charge is -2.47. The molecule has 2 rings (SSSR count). The number of aromatic nitrogens is 1. The molecule has 1 amide bonds. The number of hydrogen-bond donors (Lipinski definition) is 2. The SMILES string of the molecule is CC1(C)CN(C(=O)c2cc(N)c[nH]2)CC(C)(C)O1. The van der Waals surface area contributed by atoms with Crippen molar-refractivity contribution in [3.05, 3.63) is 18.0 Å². The van der Waals surface area contributed by atoms with Gasteiger partial charge in [0.25, 0.3) is 5.91 Å². The maximum Gasteiger partial charge on any atom is 0.270 e. The van der Waals surface area contributed by atoms with E-state index in [-0.39, 0.29) is 17.1 Å². The fourth-order valence-electron chi connectivity index (χ4n) is 2.64. The van der Waals surface area contributed by atoms with Gasteiger partial charge in [-0.1, -0.05) is 0 Å². The predicted octanol–water partition coefficient (Wildman–Crippen LogP) is 1.63. The van der Waals surface area contributed by atoms with Crippen molar-refractivity contribution in [2.45, 2.75) is 38.9 Å². The van der Waals surface area contributed by atoms with Crippen LogP contribution in [0.2, 0.25) is 0 Å². The third-order valence-corrected chi connectivity index (χ3v) is 2.92. The summed E-state index contributed by atoms with van der Waals surface area (Å²) in [5.41, 5.74) is 6.05. The first kappa shape index (κ1) is 13.0. The minimum atomic E-state index is -0.338. The number of carbonyl (C=O) groups is 1. The molecule has 1 aromatic rings. The van der Waals surface area contributed by atoms with Gasteiger partial charge in [0.15, 0.2) is 0 Å². The molecule has 18 heavy (non-hydrogen) atoms. The lowest BCUT2D eigenvalue weighted by atomic mass is 9.98. The Morgan fingerprint density at radius 1 is 1.33 bits per heavy atom. The number of morpholine rings is 1. The van der Waals surface area contributed by atoms with E-state index in [9.17, 15) is 4.79 Å². The molecule has 1 aliphatic rings. The molecule has 0 spiro atoms. The lowest BCUT2D eigenvalue weighted by molar-refractivity contribution is -0.171. The second-order valence-electron chi connectivity index (χ2n) is 6.13. The number of rotatable bonds is 1. The summed E-state index contributed by atoms with van der Waals surface area (Å²) in [7, 11) is 0. The summed E-state index contributed by atoms with van der Waals surface area (Å²) in [4.78, 5) is 17.1. The summed E-state index contributed by atoms with van der Waals surface area (Å²) < 4.78 is 5.95. The van der Waals surface area contributed by atoms with Gasteiger partial charge in [0.1, 0.15) is 5.69 Å². The van der Waals surface area contributed by atoms with E-state index in [2.05, 4.69) is 4.98 Å². The van der Waals surface area contributed by atoms with Gasteiger partial charge >= 0.3 is 0 Å². The quantitative estimate of drug-likeness (QED) is 0.796. The number of anilines is 1. The fourth-order valence-corrected chi connectivity index (χ4v) is 2.64. The number of aromatic amines is 1. The highest BCUT2D eigenvalue weighted by atomic mass is 16.5. The van der Waals surface area contributed by atoms with Crippen LogP contribution < -0.4 is 5.73 Å². The summed E-state index contributed by atoms with van der Waals surface area (Å²) in [5.74, 6) is -0.0313. The molecule has 0 aliphatic carbocycles. The number of nitrogens with two attached hydrogens (primary N) is 1. The standard InChI is InChI=1S/C13H21N3O2/c1-12(2)7-16(8-13(3,4)18-12)11(17)10-5-9(14)6-15-10/h5-6,15H,7-8,14H2,1-4H3. The number of nitrogens with one attached hydrogen (secondary N) is 1. The molecule has 0 radical (unpaired) electrons. The minimum absolute atomic E-state index is 0.0313. The number of amides is 1. The van der Waals surface area contributed by atoms with Gasteiger partial charge in [-0.25, -0.2) is 0 Å². The zero-order valence-corrected chi connectivity index (χ0v) is 11.4. The van der Waals surface area contributed by atoms with Gasteiger partial charge in [0.05, 0.1) is 11.2 Å². The number of hydrogen-bond acceptors (Lipinski definition) is 3. The zero-order chi connectivity index (χ0) is 13.6. The number of nitrogen functional groups attached to an aromatic ring is 1. The highest BCUT2D eigenvalue weighted by Crippen LogP contribution is 2.28. The summed E-state index contributed by atoms with van der Waals surface area (Å²) in [5, 5.41) is 0. The molecule has 0 aromatic carbocycles. The monoisotopic (exact) mass is 251 g/mol. The van der Waals surface area contributed by atoms with Gasteiger partial charge in [-0.2, -0.15) is 0 Å². The van der Waals surface area contributed by atoms with Crippen molar-refractivity contribution in [1.29, 1.82) is 0 Å². The summed E-state index contributed by atoms with van der Waals surface area (Å²) >= 11 is 0. The van der Waals surface area contributed by atoms with E-state index in [1.807, 2.05) is 32.6 Å². The summed E-state index contributed by atoms with van der Waals surface area (Å²) in [6.07, 6.45) is 1.63. The van der Waals surface area contributed by atoms with Crippen LogP contribution in [-0.2, 0) is 4.74 Å². The zero-order valence-electron chi connectivity index (χ0n) is 11.4. The third kappa shape index (κ3) is 2.67. The molecule has 0 saturated carbocycles. The van der Waals surface area contributed by atoms with Gasteiger partial charge in [-0.3, -0.25) is 4.79 Å². The van der Waals surface area contributed by atoms with Crippen molar-refractivity contribution < 1.29 is 9.53 Å². The Hall–Kier alpha value is -1.49. The van der Waals surface area contributed by atoms with Crippen LogP contribution in [0.15, 0.2) is 12.3 Å². The third-order valence-electron chi connectivity index (χ3n) is 2.92. The predicted molar refractivity (Wildman–Crippen MR) is 70.4 cm³/mol. The first-order chi connectivity index (χ1) is 8.19. The van der Waals surface area contributed by atoms with Gasteiger partial charge < -0.3 is 20.4 Å². The first-order valence-corrected chi connectivity index (χ1v) is 6.12. The summed E-state index contributed by atoms with van der Waals surface area (Å²) in [6, 6.07) is 1.66. The number of nitrogens with zero attached hydrogens (tertiary/aromatic N) is 1. The normalized spacial score (nSPS) is 21.9. The van der Waals surface area contributed by atoms with Crippen molar-refractivity contribution in [3.63, 3.8) is 0 Å².